The average Bonchev–Trinajstić information content (AvgIpc) is 2.68. The lowest BCUT2D eigenvalue weighted by Gasteiger charge is -2.09. The van der Waals surface area contributed by atoms with Crippen molar-refractivity contribution >= 4 is 10.0 Å². The number of sulfonamides is 1. The Hall–Kier alpha value is -2.77. The maximum absolute atomic E-state index is 12.3. The second-order valence-corrected chi connectivity index (χ2v) is 7.88. The topological polar surface area (TPSA) is 81.2 Å². The summed E-state index contributed by atoms with van der Waals surface area (Å²) in [6.07, 6.45) is 0. The van der Waals surface area contributed by atoms with Gasteiger partial charge in [-0.05, 0) is 43.2 Å². The van der Waals surface area contributed by atoms with E-state index in [4.69, 9.17) is 4.74 Å². The van der Waals surface area contributed by atoms with Crippen molar-refractivity contribution in [2.75, 3.05) is 13.2 Å². The summed E-state index contributed by atoms with van der Waals surface area (Å²) in [6.45, 7) is 4.12. The van der Waals surface area contributed by atoms with Crippen LogP contribution in [0.2, 0.25) is 0 Å². The van der Waals surface area contributed by atoms with Gasteiger partial charge in [-0.3, -0.25) is 0 Å². The molecule has 0 spiro atoms. The first kappa shape index (κ1) is 19.0. The predicted octanol–water partition coefficient (Wildman–Crippen LogP) is 3.12. The van der Waals surface area contributed by atoms with Crippen molar-refractivity contribution in [3.05, 3.63) is 71.8 Å². The molecule has 1 aromatic heterocycles. The molecule has 3 rings (SSSR count). The van der Waals surface area contributed by atoms with E-state index >= 15 is 0 Å². The van der Waals surface area contributed by atoms with Gasteiger partial charge in [0.2, 0.25) is 15.9 Å². The van der Waals surface area contributed by atoms with Crippen LogP contribution < -0.4 is 9.46 Å². The summed E-state index contributed by atoms with van der Waals surface area (Å²) < 4.78 is 32.6. The molecule has 0 aliphatic rings. The van der Waals surface area contributed by atoms with E-state index in [0.29, 0.717) is 5.88 Å². The molecular weight excluding hydrogens is 362 g/mol. The van der Waals surface area contributed by atoms with Crippen molar-refractivity contribution in [2.45, 2.75) is 18.7 Å². The summed E-state index contributed by atoms with van der Waals surface area (Å²) in [7, 11) is -3.56. The van der Waals surface area contributed by atoms with Crippen molar-refractivity contribution in [3.8, 4) is 17.1 Å². The van der Waals surface area contributed by atoms with Gasteiger partial charge in [0, 0.05) is 18.2 Å². The van der Waals surface area contributed by atoms with Crippen LogP contribution in [0.15, 0.2) is 65.6 Å². The van der Waals surface area contributed by atoms with Crippen LogP contribution in [0, 0.1) is 13.8 Å². The minimum absolute atomic E-state index is 0.136. The number of rotatable bonds is 7. The maximum Gasteiger partial charge on any atom is 0.240 e. The van der Waals surface area contributed by atoms with E-state index in [1.165, 1.54) is 0 Å². The van der Waals surface area contributed by atoms with Crippen molar-refractivity contribution in [1.82, 2.24) is 14.9 Å². The molecule has 27 heavy (non-hydrogen) atoms. The van der Waals surface area contributed by atoms with Crippen LogP contribution in [0.4, 0.5) is 0 Å². The molecule has 0 aliphatic heterocycles. The van der Waals surface area contributed by atoms with Crippen LogP contribution in [0.1, 0.15) is 11.1 Å². The Morgan fingerprint density at radius 3 is 2.37 bits per heavy atom. The molecule has 1 N–H and O–H groups in total. The highest BCUT2D eigenvalue weighted by Gasteiger charge is 2.14. The van der Waals surface area contributed by atoms with Crippen molar-refractivity contribution in [1.29, 1.82) is 0 Å². The van der Waals surface area contributed by atoms with Gasteiger partial charge in [-0.1, -0.05) is 36.4 Å². The molecule has 0 radical (unpaired) electrons. The minimum atomic E-state index is -3.56. The molecule has 7 heteroatoms. The Labute approximate surface area is 159 Å². The lowest BCUT2D eigenvalue weighted by atomic mass is 10.1. The zero-order valence-electron chi connectivity index (χ0n) is 15.2. The van der Waals surface area contributed by atoms with Crippen LogP contribution in [0.5, 0.6) is 5.88 Å². The smallest absolute Gasteiger partial charge is 0.240 e. The second kappa shape index (κ2) is 8.28. The molecule has 3 aromatic rings. The summed E-state index contributed by atoms with van der Waals surface area (Å²) in [5.41, 5.74) is 3.70. The first-order chi connectivity index (χ1) is 13.0. The van der Waals surface area contributed by atoms with Gasteiger partial charge in [0.25, 0.3) is 0 Å². The number of benzene rings is 2. The van der Waals surface area contributed by atoms with Gasteiger partial charge in [0.1, 0.15) is 6.61 Å². The monoisotopic (exact) mass is 383 g/mol. The number of nitrogens with one attached hydrogen (secondary N) is 1. The summed E-state index contributed by atoms with van der Waals surface area (Å²) in [4.78, 5) is 0.248. The van der Waals surface area contributed by atoms with E-state index in [-0.39, 0.29) is 18.0 Å². The summed E-state index contributed by atoms with van der Waals surface area (Å²) in [6, 6.07) is 18.3. The summed E-state index contributed by atoms with van der Waals surface area (Å²) >= 11 is 0. The third kappa shape index (κ3) is 4.90. The van der Waals surface area contributed by atoms with Crippen LogP contribution >= 0.6 is 0 Å². The number of aryl methyl sites for hydroxylation is 2. The lowest BCUT2D eigenvalue weighted by Crippen LogP contribution is -2.28. The first-order valence-electron chi connectivity index (χ1n) is 8.54. The average molecular weight is 383 g/mol. The van der Waals surface area contributed by atoms with Crippen LogP contribution in [-0.2, 0) is 10.0 Å². The lowest BCUT2D eigenvalue weighted by molar-refractivity contribution is 0.307. The maximum atomic E-state index is 12.3. The normalized spacial score (nSPS) is 11.3. The van der Waals surface area contributed by atoms with Crippen molar-refractivity contribution in [2.24, 2.45) is 0 Å². The molecule has 0 atom stereocenters. The minimum Gasteiger partial charge on any atom is -0.475 e. The Morgan fingerprint density at radius 2 is 1.70 bits per heavy atom. The number of ether oxygens (including phenoxy) is 1. The molecule has 0 saturated carbocycles. The highest BCUT2D eigenvalue weighted by molar-refractivity contribution is 7.89. The molecule has 0 aliphatic carbocycles. The van der Waals surface area contributed by atoms with E-state index in [2.05, 4.69) is 14.9 Å². The largest absolute Gasteiger partial charge is 0.475 e. The SMILES string of the molecule is Cc1ccc(S(=O)(=O)NCCOc2ccc(-c3ccccc3)nn2)cc1C. The first-order valence-corrected chi connectivity index (χ1v) is 10.0. The van der Waals surface area contributed by atoms with E-state index in [0.717, 1.165) is 22.4 Å². The Morgan fingerprint density at radius 1 is 0.926 bits per heavy atom. The Bertz CT molecular complexity index is 1000. The van der Waals surface area contributed by atoms with Gasteiger partial charge in [-0.25, -0.2) is 13.1 Å². The van der Waals surface area contributed by atoms with Gasteiger partial charge in [-0.2, -0.15) is 0 Å². The highest BCUT2D eigenvalue weighted by atomic mass is 32.2. The van der Waals surface area contributed by atoms with Crippen molar-refractivity contribution in [3.63, 3.8) is 0 Å². The van der Waals surface area contributed by atoms with E-state index in [1.54, 1.807) is 24.3 Å². The standard InChI is InChI=1S/C20H21N3O3S/c1-15-8-9-18(14-16(15)2)27(24,25)21-12-13-26-20-11-10-19(22-23-20)17-6-4-3-5-7-17/h3-11,14,21H,12-13H2,1-2H3. The van der Waals surface area contributed by atoms with Gasteiger partial charge >= 0.3 is 0 Å². The fraction of sp³-hybridized carbons (Fsp3) is 0.200. The van der Waals surface area contributed by atoms with Gasteiger partial charge in [-0.15, -0.1) is 10.2 Å². The number of nitrogens with zero attached hydrogens (tertiary/aromatic N) is 2. The fourth-order valence-corrected chi connectivity index (χ4v) is 3.55. The highest BCUT2D eigenvalue weighted by Crippen LogP contribution is 2.17. The van der Waals surface area contributed by atoms with Gasteiger partial charge in [0.05, 0.1) is 10.6 Å². The molecular formula is C20H21N3O3S. The predicted molar refractivity (Wildman–Crippen MR) is 104 cm³/mol. The molecule has 0 saturated heterocycles. The van der Waals surface area contributed by atoms with Crippen LogP contribution in [-0.4, -0.2) is 31.8 Å². The zero-order valence-corrected chi connectivity index (χ0v) is 16.0. The van der Waals surface area contributed by atoms with E-state index < -0.39 is 10.0 Å². The number of hydrogen-bond donors (Lipinski definition) is 1. The van der Waals surface area contributed by atoms with E-state index in [1.807, 2.05) is 50.2 Å². The molecule has 0 bridgehead atoms. The summed E-state index contributed by atoms with van der Waals surface area (Å²) in [5, 5.41) is 8.15. The number of hydrogen-bond acceptors (Lipinski definition) is 5. The van der Waals surface area contributed by atoms with Gasteiger partial charge < -0.3 is 4.74 Å². The molecule has 140 valence electrons. The Kier molecular flexibility index (Phi) is 5.83. The quantitative estimate of drug-likeness (QED) is 0.634. The zero-order chi connectivity index (χ0) is 19.3. The fourth-order valence-electron chi connectivity index (χ4n) is 2.46. The second-order valence-electron chi connectivity index (χ2n) is 6.12. The third-order valence-electron chi connectivity index (χ3n) is 4.14. The molecule has 6 nitrogen and oxygen atoms in total. The van der Waals surface area contributed by atoms with Gasteiger partial charge in [0.15, 0.2) is 0 Å². The van der Waals surface area contributed by atoms with Crippen LogP contribution in [0.25, 0.3) is 11.3 Å². The number of aromatic nitrogens is 2. The summed E-state index contributed by atoms with van der Waals surface area (Å²) in [5.74, 6) is 0.347. The molecule has 2 aromatic carbocycles. The molecule has 0 fully saturated rings. The molecule has 1 heterocycles. The molecule has 0 unspecified atom stereocenters. The van der Waals surface area contributed by atoms with Crippen molar-refractivity contribution < 1.29 is 13.2 Å². The molecule has 0 amide bonds. The van der Waals surface area contributed by atoms with Crippen LogP contribution in [0.3, 0.4) is 0 Å². The Balaban J connectivity index is 1.53. The van der Waals surface area contributed by atoms with E-state index in [9.17, 15) is 8.42 Å². The third-order valence-corrected chi connectivity index (χ3v) is 5.60.